The molecule has 0 aliphatic rings. The maximum absolute atomic E-state index is 11.7. The number of aryl methyl sites for hydroxylation is 2. The topological polar surface area (TPSA) is 146 Å². The number of rotatable bonds is 7. The van der Waals surface area contributed by atoms with Gasteiger partial charge in [-0.1, -0.05) is 30.3 Å². The van der Waals surface area contributed by atoms with Crippen LogP contribution in [0.2, 0.25) is 0 Å². The van der Waals surface area contributed by atoms with Gasteiger partial charge in [-0.15, -0.1) is 0 Å². The highest BCUT2D eigenvalue weighted by atomic mass is 16.3. The molecule has 3 rings (SSSR count). The molecule has 0 aliphatic heterocycles. The third kappa shape index (κ3) is 5.48. The van der Waals surface area contributed by atoms with Gasteiger partial charge < -0.3 is 15.5 Å². The number of hydrogen-bond donors (Lipinski definition) is 4. The third-order valence-corrected chi connectivity index (χ3v) is 4.06. The first-order chi connectivity index (χ1) is 14.0. The van der Waals surface area contributed by atoms with Gasteiger partial charge in [0.2, 0.25) is 5.91 Å². The number of aliphatic hydroxyl groups is 1. The number of aliphatic hydroxyl groups excluding tert-OH is 1. The fourth-order valence-corrected chi connectivity index (χ4v) is 2.76. The molecule has 2 aromatic heterocycles. The highest BCUT2D eigenvalue weighted by Crippen LogP contribution is 2.32. The zero-order valence-corrected chi connectivity index (χ0v) is 16.3. The van der Waals surface area contributed by atoms with E-state index in [-0.39, 0.29) is 25.4 Å². The number of carbonyl (C=O) groups is 2. The van der Waals surface area contributed by atoms with Crippen molar-refractivity contribution >= 4 is 12.4 Å². The highest BCUT2D eigenvalue weighted by Gasteiger charge is 2.21. The van der Waals surface area contributed by atoms with Gasteiger partial charge in [-0.05, 0) is 13.3 Å². The first-order valence-corrected chi connectivity index (χ1v) is 8.99. The Balaban J connectivity index is 0.000000941. The Kier molecular flexibility index (Phi) is 8.04. The van der Waals surface area contributed by atoms with E-state index >= 15 is 0 Å². The van der Waals surface area contributed by atoms with Gasteiger partial charge in [0.25, 0.3) is 6.47 Å². The van der Waals surface area contributed by atoms with Gasteiger partial charge in [-0.3, -0.25) is 14.7 Å². The van der Waals surface area contributed by atoms with Crippen LogP contribution in [-0.2, 0) is 22.6 Å². The SMILES string of the molecule is CNC(=O)Cc1nc(-c2c(-c3ccccc3)n[nH]c2C)n(CCCO)n1.O=CO. The number of benzene rings is 1. The molecule has 1 aromatic carbocycles. The standard InChI is InChI=1S/C18H22N6O2.CH2O2/c1-12-16(17(22-21-12)13-7-4-3-5-8-13)18-20-14(11-15(26)19-2)23-24(18)9-6-10-25;2-1-3/h3-5,7-8,25H,6,9-11H2,1-2H3,(H,19,26)(H,21,22);1H,(H,2,3). The van der Waals surface area contributed by atoms with Crippen LogP contribution in [0.5, 0.6) is 0 Å². The lowest BCUT2D eigenvalue weighted by atomic mass is 10.1. The quantitative estimate of drug-likeness (QED) is 0.433. The molecule has 29 heavy (non-hydrogen) atoms. The highest BCUT2D eigenvalue weighted by molar-refractivity contribution is 5.80. The van der Waals surface area contributed by atoms with Gasteiger partial charge in [0.15, 0.2) is 11.6 Å². The maximum Gasteiger partial charge on any atom is 0.290 e. The van der Waals surface area contributed by atoms with Gasteiger partial charge in [0.05, 0.1) is 12.0 Å². The summed E-state index contributed by atoms with van der Waals surface area (Å²) in [5.74, 6) is 0.933. The van der Waals surface area contributed by atoms with Crippen molar-refractivity contribution in [3.63, 3.8) is 0 Å². The van der Waals surface area contributed by atoms with E-state index in [1.807, 2.05) is 37.3 Å². The Labute approximate surface area is 167 Å². The molecule has 10 nitrogen and oxygen atoms in total. The lowest BCUT2D eigenvalue weighted by molar-refractivity contribution is -0.123. The van der Waals surface area contributed by atoms with Gasteiger partial charge in [-0.25, -0.2) is 9.67 Å². The fourth-order valence-electron chi connectivity index (χ4n) is 2.76. The van der Waals surface area contributed by atoms with Crippen molar-refractivity contribution in [1.82, 2.24) is 30.3 Å². The van der Waals surface area contributed by atoms with Crippen LogP contribution < -0.4 is 5.32 Å². The van der Waals surface area contributed by atoms with E-state index in [1.54, 1.807) is 11.7 Å². The predicted octanol–water partition coefficient (Wildman–Crippen LogP) is 1.02. The molecule has 0 saturated carbocycles. The number of aromatic nitrogens is 5. The van der Waals surface area contributed by atoms with Crippen molar-refractivity contribution in [2.45, 2.75) is 26.3 Å². The summed E-state index contributed by atoms with van der Waals surface area (Å²) in [5.41, 5.74) is 3.47. The van der Waals surface area contributed by atoms with Gasteiger partial charge >= 0.3 is 0 Å². The van der Waals surface area contributed by atoms with Crippen LogP contribution in [0.3, 0.4) is 0 Å². The number of hydrogen-bond acceptors (Lipinski definition) is 6. The first kappa shape index (κ1) is 21.8. The molecule has 0 saturated heterocycles. The Bertz CT molecular complexity index is 936. The van der Waals surface area contributed by atoms with Crippen LogP contribution in [0.15, 0.2) is 30.3 Å². The zero-order valence-electron chi connectivity index (χ0n) is 16.3. The average Bonchev–Trinajstić information content (AvgIpc) is 3.30. The molecule has 0 fully saturated rings. The molecule has 154 valence electrons. The van der Waals surface area contributed by atoms with Crippen LogP contribution in [-0.4, -0.2) is 61.2 Å². The van der Waals surface area contributed by atoms with Crippen molar-refractivity contribution in [3.8, 4) is 22.6 Å². The molecule has 1 amide bonds. The molecular formula is C19H24N6O4. The van der Waals surface area contributed by atoms with E-state index in [0.29, 0.717) is 24.6 Å². The smallest absolute Gasteiger partial charge is 0.290 e. The Morgan fingerprint density at radius 2 is 2.00 bits per heavy atom. The molecule has 0 aliphatic carbocycles. The van der Waals surface area contributed by atoms with Crippen molar-refractivity contribution in [2.24, 2.45) is 0 Å². The van der Waals surface area contributed by atoms with E-state index < -0.39 is 0 Å². The van der Waals surface area contributed by atoms with Crippen molar-refractivity contribution in [3.05, 3.63) is 41.9 Å². The molecule has 2 heterocycles. The summed E-state index contributed by atoms with van der Waals surface area (Å²) in [6, 6.07) is 9.83. The Hall–Kier alpha value is -3.53. The van der Waals surface area contributed by atoms with E-state index in [1.165, 1.54) is 0 Å². The molecule has 10 heteroatoms. The molecular weight excluding hydrogens is 376 g/mol. The fraction of sp³-hybridized carbons (Fsp3) is 0.316. The zero-order chi connectivity index (χ0) is 21.2. The number of carbonyl (C=O) groups excluding carboxylic acids is 1. The van der Waals surface area contributed by atoms with Gasteiger partial charge in [-0.2, -0.15) is 10.2 Å². The van der Waals surface area contributed by atoms with Gasteiger partial charge in [0, 0.05) is 31.5 Å². The second kappa shape index (κ2) is 10.7. The number of nitrogens with one attached hydrogen (secondary N) is 2. The second-order valence-corrected chi connectivity index (χ2v) is 6.05. The summed E-state index contributed by atoms with van der Waals surface area (Å²) < 4.78 is 1.73. The number of likely N-dealkylation sites (N-methyl/N-ethyl adjacent to an activating group) is 1. The monoisotopic (exact) mass is 400 g/mol. The number of carboxylic acid groups (broad SMARTS) is 1. The Morgan fingerprint density at radius 3 is 2.62 bits per heavy atom. The molecule has 0 unspecified atom stereocenters. The largest absolute Gasteiger partial charge is 0.483 e. The van der Waals surface area contributed by atoms with Crippen LogP contribution in [0, 0.1) is 6.92 Å². The molecule has 4 N–H and O–H groups in total. The number of aromatic amines is 1. The summed E-state index contributed by atoms with van der Waals surface area (Å²) >= 11 is 0. The minimum Gasteiger partial charge on any atom is -0.483 e. The summed E-state index contributed by atoms with van der Waals surface area (Å²) in [7, 11) is 1.58. The molecule has 0 bridgehead atoms. The van der Waals surface area contributed by atoms with Crippen molar-refractivity contribution in [1.29, 1.82) is 0 Å². The normalized spacial score (nSPS) is 10.2. The van der Waals surface area contributed by atoms with Crippen LogP contribution >= 0.6 is 0 Å². The maximum atomic E-state index is 11.7. The summed E-state index contributed by atoms with van der Waals surface area (Å²) in [6.45, 7) is 2.24. The minimum absolute atomic E-state index is 0.0555. The predicted molar refractivity (Wildman–Crippen MR) is 106 cm³/mol. The van der Waals surface area contributed by atoms with E-state index in [9.17, 15) is 9.90 Å². The van der Waals surface area contributed by atoms with Crippen LogP contribution in [0.25, 0.3) is 22.6 Å². The lowest BCUT2D eigenvalue weighted by Gasteiger charge is -2.06. The molecule has 0 spiro atoms. The van der Waals surface area contributed by atoms with E-state index in [2.05, 4.69) is 25.6 Å². The first-order valence-electron chi connectivity index (χ1n) is 8.99. The van der Waals surface area contributed by atoms with E-state index in [0.717, 1.165) is 22.5 Å². The number of amides is 1. The summed E-state index contributed by atoms with van der Waals surface area (Å²) in [6.07, 6.45) is 0.653. The van der Waals surface area contributed by atoms with Crippen LogP contribution in [0.1, 0.15) is 17.9 Å². The van der Waals surface area contributed by atoms with Crippen LogP contribution in [0.4, 0.5) is 0 Å². The van der Waals surface area contributed by atoms with Crippen molar-refractivity contribution in [2.75, 3.05) is 13.7 Å². The third-order valence-electron chi connectivity index (χ3n) is 4.06. The molecule has 3 aromatic rings. The molecule has 0 atom stereocenters. The summed E-state index contributed by atoms with van der Waals surface area (Å²) in [4.78, 5) is 24.6. The summed E-state index contributed by atoms with van der Waals surface area (Å²) in [5, 5.41) is 30.6. The van der Waals surface area contributed by atoms with Gasteiger partial charge in [0.1, 0.15) is 5.69 Å². The minimum atomic E-state index is -0.250. The second-order valence-electron chi connectivity index (χ2n) is 6.05. The van der Waals surface area contributed by atoms with Crippen molar-refractivity contribution < 1.29 is 19.8 Å². The molecule has 0 radical (unpaired) electrons. The average molecular weight is 400 g/mol. The van der Waals surface area contributed by atoms with E-state index in [4.69, 9.17) is 9.90 Å². The Morgan fingerprint density at radius 1 is 1.31 bits per heavy atom. The number of H-pyrrole nitrogens is 1. The number of nitrogens with zero attached hydrogens (tertiary/aromatic N) is 4. The lowest BCUT2D eigenvalue weighted by Crippen LogP contribution is -2.20.